The maximum Gasteiger partial charge on any atom is 0.407 e. The number of carboxylic acids is 1. The predicted molar refractivity (Wildman–Crippen MR) is 166 cm³/mol. The number of hydrogen-bond acceptors (Lipinski definition) is 6. The number of alkyl carbamates (subject to hydrolysis) is 1. The van der Waals surface area contributed by atoms with Crippen molar-refractivity contribution in [1.82, 2.24) is 20.2 Å². The Bertz CT molecular complexity index is 1390. The van der Waals surface area contributed by atoms with E-state index in [9.17, 15) is 28.7 Å². The molecule has 45 heavy (non-hydrogen) atoms. The lowest BCUT2D eigenvalue weighted by Gasteiger charge is -2.37. The summed E-state index contributed by atoms with van der Waals surface area (Å²) >= 11 is 0. The van der Waals surface area contributed by atoms with Crippen LogP contribution in [0.1, 0.15) is 95.5 Å². The van der Waals surface area contributed by atoms with Crippen LogP contribution in [-0.2, 0) is 14.3 Å². The van der Waals surface area contributed by atoms with E-state index in [4.69, 9.17) is 4.74 Å². The average molecular weight is 628 g/mol. The number of alkyl halides is 1. The largest absolute Gasteiger partial charge is 0.477 e. The number of fused-ring (bicyclic) bond motifs is 1. The minimum absolute atomic E-state index is 0.0355. The van der Waals surface area contributed by atoms with Gasteiger partial charge in [0.2, 0.25) is 11.8 Å². The van der Waals surface area contributed by atoms with Gasteiger partial charge in [0.25, 0.3) is 0 Å². The maximum absolute atomic E-state index is 14.0. The van der Waals surface area contributed by atoms with Crippen molar-refractivity contribution in [2.75, 3.05) is 18.5 Å². The molecule has 0 unspecified atom stereocenters. The maximum atomic E-state index is 14.0. The van der Waals surface area contributed by atoms with E-state index in [0.29, 0.717) is 54.9 Å². The average Bonchev–Trinajstić information content (AvgIpc) is 3.64. The smallest absolute Gasteiger partial charge is 0.407 e. The monoisotopic (exact) mass is 627 g/mol. The number of carboxylic acid groups (broad SMARTS) is 1. The number of anilines is 1. The summed E-state index contributed by atoms with van der Waals surface area (Å²) in [6.45, 7) is 5.07. The molecule has 246 valence electrons. The summed E-state index contributed by atoms with van der Waals surface area (Å²) in [5.74, 6) is -1.04. The van der Waals surface area contributed by atoms with Gasteiger partial charge in [0.05, 0.1) is 17.8 Å². The fourth-order valence-corrected chi connectivity index (χ4v) is 7.61. The first-order chi connectivity index (χ1) is 21.4. The Morgan fingerprint density at radius 1 is 1.07 bits per heavy atom. The quantitative estimate of drug-likeness (QED) is 0.294. The standard InChI is InChI=1S/C33H46FN5O6/c1-33(2,3)45-32(44)37-25(17-34)20-9-11-21(12-10-20)30(41)39-14-13-23(19-7-5-4-6-8-19)28(39)29(40)38-27-16-22-15-24(31(42)43)36-26(22)18-35-27/h15-16,18-21,23,25,28,36H,4-14,17H2,1-3H3,(H,37,44)(H,42,43)(H,35,38,40)/t20?,21?,23-,25+,28+/m0/s1. The van der Waals surface area contributed by atoms with E-state index in [1.165, 1.54) is 18.7 Å². The number of halogens is 1. The fraction of sp³-hybridized carbons (Fsp3) is 0.667. The molecule has 4 N–H and O–H groups in total. The number of carbonyl (C=O) groups excluding carboxylic acids is 3. The molecule has 2 saturated carbocycles. The first-order valence-corrected chi connectivity index (χ1v) is 16.3. The molecule has 0 bridgehead atoms. The molecule has 1 saturated heterocycles. The summed E-state index contributed by atoms with van der Waals surface area (Å²) in [6, 6.07) is 1.84. The molecule has 0 aromatic carbocycles. The minimum Gasteiger partial charge on any atom is -0.477 e. The number of H-pyrrole nitrogens is 1. The van der Waals surface area contributed by atoms with E-state index >= 15 is 0 Å². The van der Waals surface area contributed by atoms with Crippen LogP contribution in [0.25, 0.3) is 10.9 Å². The summed E-state index contributed by atoms with van der Waals surface area (Å²) in [6.07, 6.45) is 9.45. The number of rotatable bonds is 8. The number of hydrogen-bond donors (Lipinski definition) is 4. The highest BCUT2D eigenvalue weighted by Crippen LogP contribution is 2.41. The molecule has 3 amide bonds. The summed E-state index contributed by atoms with van der Waals surface area (Å²) in [7, 11) is 0. The summed E-state index contributed by atoms with van der Waals surface area (Å²) in [5, 5.41) is 15.5. The van der Waals surface area contributed by atoms with Crippen molar-refractivity contribution in [2.24, 2.45) is 23.7 Å². The van der Waals surface area contributed by atoms with E-state index in [0.717, 1.165) is 32.1 Å². The highest BCUT2D eigenvalue weighted by molar-refractivity contribution is 5.99. The molecule has 12 heteroatoms. The van der Waals surface area contributed by atoms with E-state index in [1.54, 1.807) is 31.7 Å². The Kier molecular flexibility index (Phi) is 9.98. The van der Waals surface area contributed by atoms with Gasteiger partial charge in [-0.15, -0.1) is 0 Å². The normalized spacial score (nSPS) is 25.1. The Balaban J connectivity index is 1.27. The molecule has 2 aromatic rings. The van der Waals surface area contributed by atoms with Crippen LogP contribution >= 0.6 is 0 Å². The van der Waals surface area contributed by atoms with Crippen LogP contribution in [0.4, 0.5) is 15.0 Å². The van der Waals surface area contributed by atoms with Gasteiger partial charge in [-0.25, -0.2) is 19.0 Å². The van der Waals surface area contributed by atoms with Gasteiger partial charge in [-0.3, -0.25) is 9.59 Å². The van der Waals surface area contributed by atoms with Crippen molar-refractivity contribution in [3.8, 4) is 0 Å². The van der Waals surface area contributed by atoms with Gasteiger partial charge in [0.15, 0.2) is 0 Å². The highest BCUT2D eigenvalue weighted by atomic mass is 19.1. The second-order valence-corrected chi connectivity index (χ2v) is 14.0. The molecule has 3 fully saturated rings. The molecule has 11 nitrogen and oxygen atoms in total. The third-order valence-electron chi connectivity index (χ3n) is 9.80. The molecular weight excluding hydrogens is 581 g/mol. The fourth-order valence-electron chi connectivity index (χ4n) is 7.61. The molecule has 3 atom stereocenters. The number of aromatic nitrogens is 2. The van der Waals surface area contributed by atoms with Crippen LogP contribution in [0.5, 0.6) is 0 Å². The van der Waals surface area contributed by atoms with Crippen molar-refractivity contribution < 1.29 is 33.4 Å². The van der Waals surface area contributed by atoms with Gasteiger partial charge in [0, 0.05) is 17.8 Å². The Hall–Kier alpha value is -3.70. The van der Waals surface area contributed by atoms with Gasteiger partial charge in [-0.05, 0) is 82.8 Å². The zero-order valence-corrected chi connectivity index (χ0v) is 26.4. The van der Waals surface area contributed by atoms with Crippen LogP contribution in [0.15, 0.2) is 18.3 Å². The third-order valence-corrected chi connectivity index (χ3v) is 9.80. The SMILES string of the molecule is CC(C)(C)OC(=O)N[C@H](CF)C1CCC(C(=O)N2CC[C@@H](C3CCCCC3)[C@@H]2C(=O)Nc2cc3cc(C(=O)O)[nH]c3cn2)CC1. The number of likely N-dealkylation sites (tertiary alicyclic amines) is 1. The Morgan fingerprint density at radius 3 is 2.42 bits per heavy atom. The van der Waals surface area contributed by atoms with E-state index < -0.39 is 36.4 Å². The zero-order chi connectivity index (χ0) is 32.3. The number of ether oxygens (including phenoxy) is 1. The van der Waals surface area contributed by atoms with Crippen molar-refractivity contribution in [1.29, 1.82) is 0 Å². The summed E-state index contributed by atoms with van der Waals surface area (Å²) < 4.78 is 19.3. The van der Waals surface area contributed by atoms with Crippen LogP contribution in [0.2, 0.25) is 0 Å². The number of nitrogens with one attached hydrogen (secondary N) is 3. The predicted octanol–water partition coefficient (Wildman–Crippen LogP) is 5.67. The molecule has 2 aliphatic carbocycles. The van der Waals surface area contributed by atoms with Gasteiger partial charge in [-0.1, -0.05) is 32.1 Å². The summed E-state index contributed by atoms with van der Waals surface area (Å²) in [4.78, 5) is 60.5. The van der Waals surface area contributed by atoms with Gasteiger partial charge in [-0.2, -0.15) is 0 Å². The first-order valence-electron chi connectivity index (χ1n) is 16.3. The van der Waals surface area contributed by atoms with E-state index in [2.05, 4.69) is 20.6 Å². The number of amides is 3. The molecule has 1 aliphatic heterocycles. The van der Waals surface area contributed by atoms with Gasteiger partial charge < -0.3 is 30.4 Å². The second kappa shape index (κ2) is 13.7. The molecule has 3 heterocycles. The number of aromatic amines is 1. The van der Waals surface area contributed by atoms with Crippen LogP contribution in [0.3, 0.4) is 0 Å². The highest BCUT2D eigenvalue weighted by Gasteiger charge is 2.47. The molecule has 2 aromatic heterocycles. The Morgan fingerprint density at radius 2 is 1.78 bits per heavy atom. The minimum atomic E-state index is -1.08. The van der Waals surface area contributed by atoms with Crippen molar-refractivity contribution >= 4 is 40.6 Å². The molecule has 3 aliphatic rings. The number of nitrogens with zero attached hydrogens (tertiary/aromatic N) is 2. The van der Waals surface area contributed by atoms with E-state index in [1.807, 2.05) is 0 Å². The molecule has 0 radical (unpaired) electrons. The first kappa shape index (κ1) is 32.7. The molecular formula is C33H46FN5O6. The van der Waals surface area contributed by atoms with Crippen molar-refractivity contribution in [2.45, 2.75) is 103 Å². The molecule has 5 rings (SSSR count). The second-order valence-electron chi connectivity index (χ2n) is 14.0. The van der Waals surface area contributed by atoms with Crippen LogP contribution in [0, 0.1) is 23.7 Å². The van der Waals surface area contributed by atoms with Crippen molar-refractivity contribution in [3.05, 3.63) is 24.0 Å². The van der Waals surface area contributed by atoms with Crippen molar-refractivity contribution in [3.63, 3.8) is 0 Å². The topological polar surface area (TPSA) is 154 Å². The number of carbonyl (C=O) groups is 4. The number of aromatic carboxylic acids is 1. The zero-order valence-electron chi connectivity index (χ0n) is 26.4. The van der Waals surface area contributed by atoms with Crippen LogP contribution in [-0.4, -0.2) is 74.8 Å². The lowest BCUT2D eigenvalue weighted by atomic mass is 9.76. The van der Waals surface area contributed by atoms with Crippen LogP contribution < -0.4 is 10.6 Å². The number of pyridine rings is 1. The Labute approximate surface area is 263 Å². The van der Waals surface area contributed by atoms with Gasteiger partial charge in [0.1, 0.15) is 29.8 Å². The molecule has 0 spiro atoms. The van der Waals surface area contributed by atoms with E-state index in [-0.39, 0.29) is 35.3 Å². The third kappa shape index (κ3) is 7.76. The van der Waals surface area contributed by atoms with Gasteiger partial charge >= 0.3 is 12.1 Å². The lowest BCUT2D eigenvalue weighted by molar-refractivity contribution is -0.142. The lowest BCUT2D eigenvalue weighted by Crippen LogP contribution is -2.50. The summed E-state index contributed by atoms with van der Waals surface area (Å²) in [5.41, 5.74) is -0.0962.